The third-order valence-electron chi connectivity index (χ3n) is 4.24. The lowest BCUT2D eigenvalue weighted by atomic mass is 9.73. The van der Waals surface area contributed by atoms with Crippen LogP contribution in [0.4, 0.5) is 4.39 Å². The number of benzene rings is 1. The van der Waals surface area contributed by atoms with Crippen LogP contribution in [0.25, 0.3) is 0 Å². The molecule has 1 aliphatic carbocycles. The molecule has 0 bridgehead atoms. The first-order valence-corrected chi connectivity index (χ1v) is 7.13. The van der Waals surface area contributed by atoms with Gasteiger partial charge < -0.3 is 5.73 Å². The molecular weight excluding hydrogens is 249 g/mol. The standard InChI is InChI=1S/C15H21ClFN/c1-2-11-5-7-15(18,8-6-11)10-12-3-4-13(17)9-14(12)16/h3-4,9,11H,2,5-8,10,18H2,1H3. The lowest BCUT2D eigenvalue weighted by molar-refractivity contribution is 0.228. The van der Waals surface area contributed by atoms with Crippen LogP contribution in [-0.4, -0.2) is 5.54 Å². The molecule has 100 valence electrons. The minimum Gasteiger partial charge on any atom is -0.325 e. The van der Waals surface area contributed by atoms with Crippen LogP contribution < -0.4 is 5.73 Å². The van der Waals surface area contributed by atoms with E-state index in [1.807, 2.05) is 0 Å². The minimum absolute atomic E-state index is 0.160. The maximum atomic E-state index is 13.0. The van der Waals surface area contributed by atoms with E-state index >= 15 is 0 Å². The highest BCUT2D eigenvalue weighted by molar-refractivity contribution is 6.31. The Balaban J connectivity index is 2.04. The van der Waals surface area contributed by atoms with Gasteiger partial charge in [-0.15, -0.1) is 0 Å². The van der Waals surface area contributed by atoms with Crippen LogP contribution in [0.3, 0.4) is 0 Å². The lowest BCUT2D eigenvalue weighted by Crippen LogP contribution is -2.45. The zero-order chi connectivity index (χ0) is 13.2. The summed E-state index contributed by atoms with van der Waals surface area (Å²) in [6, 6.07) is 4.60. The fraction of sp³-hybridized carbons (Fsp3) is 0.600. The van der Waals surface area contributed by atoms with Crippen LogP contribution in [-0.2, 0) is 6.42 Å². The third-order valence-corrected chi connectivity index (χ3v) is 4.59. The second kappa shape index (κ2) is 5.58. The summed E-state index contributed by atoms with van der Waals surface area (Å²) in [5.74, 6) is 0.537. The van der Waals surface area contributed by atoms with E-state index in [1.165, 1.54) is 31.4 Å². The van der Waals surface area contributed by atoms with Gasteiger partial charge in [0.2, 0.25) is 0 Å². The minimum atomic E-state index is -0.287. The van der Waals surface area contributed by atoms with Gasteiger partial charge in [-0.1, -0.05) is 31.0 Å². The van der Waals surface area contributed by atoms with Crippen molar-refractivity contribution >= 4 is 11.6 Å². The predicted octanol–water partition coefficient (Wildman–Crippen LogP) is 4.32. The number of hydrogen-bond donors (Lipinski definition) is 1. The van der Waals surface area contributed by atoms with E-state index in [0.29, 0.717) is 5.02 Å². The first-order valence-electron chi connectivity index (χ1n) is 6.75. The Hall–Kier alpha value is -0.600. The first kappa shape index (κ1) is 13.8. The molecule has 1 fully saturated rings. The normalized spacial score (nSPS) is 28.3. The summed E-state index contributed by atoms with van der Waals surface area (Å²) >= 11 is 6.07. The molecule has 18 heavy (non-hydrogen) atoms. The maximum absolute atomic E-state index is 13.0. The predicted molar refractivity (Wildman–Crippen MR) is 74.3 cm³/mol. The van der Waals surface area contributed by atoms with Crippen LogP contribution in [0.15, 0.2) is 18.2 Å². The Morgan fingerprint density at radius 1 is 1.39 bits per heavy atom. The highest BCUT2D eigenvalue weighted by Crippen LogP contribution is 2.35. The van der Waals surface area contributed by atoms with Gasteiger partial charge in [0.1, 0.15) is 5.82 Å². The molecule has 3 heteroatoms. The van der Waals surface area contributed by atoms with Gasteiger partial charge in [0.15, 0.2) is 0 Å². The van der Waals surface area contributed by atoms with Gasteiger partial charge >= 0.3 is 0 Å². The molecule has 1 aromatic rings. The molecule has 1 aliphatic rings. The Morgan fingerprint density at radius 2 is 2.06 bits per heavy atom. The van der Waals surface area contributed by atoms with E-state index in [1.54, 1.807) is 6.07 Å². The molecule has 0 heterocycles. The van der Waals surface area contributed by atoms with E-state index in [2.05, 4.69) is 6.92 Å². The number of halogens is 2. The topological polar surface area (TPSA) is 26.0 Å². The quantitative estimate of drug-likeness (QED) is 0.869. The molecule has 2 N–H and O–H groups in total. The SMILES string of the molecule is CCC1CCC(N)(Cc2ccc(F)cc2Cl)CC1. The highest BCUT2D eigenvalue weighted by atomic mass is 35.5. The molecule has 0 atom stereocenters. The second-order valence-electron chi connectivity index (χ2n) is 5.63. The van der Waals surface area contributed by atoms with Crippen molar-refractivity contribution in [2.24, 2.45) is 11.7 Å². The Kier molecular flexibility index (Phi) is 4.29. The largest absolute Gasteiger partial charge is 0.325 e. The second-order valence-corrected chi connectivity index (χ2v) is 6.03. The van der Waals surface area contributed by atoms with Gasteiger partial charge in [-0.25, -0.2) is 4.39 Å². The molecule has 1 saturated carbocycles. The van der Waals surface area contributed by atoms with Crippen molar-refractivity contribution in [3.8, 4) is 0 Å². The summed E-state index contributed by atoms with van der Waals surface area (Å²) in [6.45, 7) is 2.24. The van der Waals surface area contributed by atoms with E-state index in [0.717, 1.165) is 30.7 Å². The van der Waals surface area contributed by atoms with Crippen LogP contribution in [0, 0.1) is 11.7 Å². The number of hydrogen-bond acceptors (Lipinski definition) is 1. The summed E-state index contributed by atoms with van der Waals surface area (Å²) in [6.07, 6.45) is 6.48. The van der Waals surface area contributed by atoms with Gasteiger partial charge in [0.05, 0.1) is 0 Å². The monoisotopic (exact) mass is 269 g/mol. The molecule has 0 spiro atoms. The fourth-order valence-electron chi connectivity index (χ4n) is 2.88. The third kappa shape index (κ3) is 3.24. The molecular formula is C15H21ClFN. The Bertz CT molecular complexity index is 411. The number of rotatable bonds is 3. The smallest absolute Gasteiger partial charge is 0.124 e. The Morgan fingerprint density at radius 3 is 2.61 bits per heavy atom. The van der Waals surface area contributed by atoms with Gasteiger partial charge in [0, 0.05) is 10.6 Å². The van der Waals surface area contributed by atoms with Crippen LogP contribution >= 0.6 is 11.6 Å². The summed E-state index contributed by atoms with van der Waals surface area (Å²) in [5.41, 5.74) is 7.27. The van der Waals surface area contributed by atoms with E-state index < -0.39 is 0 Å². The van der Waals surface area contributed by atoms with Gasteiger partial charge in [0.25, 0.3) is 0 Å². The van der Waals surface area contributed by atoms with Crippen LogP contribution in [0.1, 0.15) is 44.6 Å². The molecule has 0 amide bonds. The summed E-state index contributed by atoms with van der Waals surface area (Å²) < 4.78 is 13.0. The molecule has 1 nitrogen and oxygen atoms in total. The molecule has 0 saturated heterocycles. The molecule has 2 rings (SSSR count). The lowest BCUT2D eigenvalue weighted by Gasteiger charge is -2.37. The van der Waals surface area contributed by atoms with Gasteiger partial charge in [-0.2, -0.15) is 0 Å². The number of nitrogens with two attached hydrogens (primary N) is 1. The van der Waals surface area contributed by atoms with E-state index in [-0.39, 0.29) is 11.4 Å². The van der Waals surface area contributed by atoms with Crippen molar-refractivity contribution in [3.63, 3.8) is 0 Å². The summed E-state index contributed by atoms with van der Waals surface area (Å²) in [5, 5.41) is 0.498. The molecule has 0 aromatic heterocycles. The van der Waals surface area contributed by atoms with Crippen molar-refractivity contribution in [2.75, 3.05) is 0 Å². The highest BCUT2D eigenvalue weighted by Gasteiger charge is 2.31. The van der Waals surface area contributed by atoms with Crippen molar-refractivity contribution in [3.05, 3.63) is 34.6 Å². The average molecular weight is 270 g/mol. The first-order chi connectivity index (χ1) is 8.52. The molecule has 0 aliphatic heterocycles. The van der Waals surface area contributed by atoms with Crippen LogP contribution in [0.5, 0.6) is 0 Å². The molecule has 0 unspecified atom stereocenters. The summed E-state index contributed by atoms with van der Waals surface area (Å²) in [7, 11) is 0. The van der Waals surface area contributed by atoms with Crippen LogP contribution in [0.2, 0.25) is 5.02 Å². The van der Waals surface area contributed by atoms with Gasteiger partial charge in [-0.3, -0.25) is 0 Å². The average Bonchev–Trinajstić information content (AvgIpc) is 2.34. The maximum Gasteiger partial charge on any atom is 0.124 e. The van der Waals surface area contributed by atoms with Crippen molar-refractivity contribution in [2.45, 2.75) is 51.0 Å². The fourth-order valence-corrected chi connectivity index (χ4v) is 3.12. The van der Waals surface area contributed by atoms with Crippen molar-refractivity contribution in [1.82, 2.24) is 0 Å². The van der Waals surface area contributed by atoms with Crippen molar-refractivity contribution < 1.29 is 4.39 Å². The molecule has 1 aromatic carbocycles. The Labute approximate surface area is 114 Å². The molecule has 0 radical (unpaired) electrons. The van der Waals surface area contributed by atoms with Gasteiger partial charge in [-0.05, 0) is 55.7 Å². The van der Waals surface area contributed by atoms with Crippen molar-refractivity contribution in [1.29, 1.82) is 0 Å². The zero-order valence-electron chi connectivity index (χ0n) is 10.9. The van der Waals surface area contributed by atoms with E-state index in [9.17, 15) is 4.39 Å². The summed E-state index contributed by atoms with van der Waals surface area (Å²) in [4.78, 5) is 0. The van der Waals surface area contributed by atoms with E-state index in [4.69, 9.17) is 17.3 Å². The zero-order valence-corrected chi connectivity index (χ0v) is 11.6.